The Labute approximate surface area is 126 Å². The third-order valence-electron chi connectivity index (χ3n) is 4.02. The summed E-state index contributed by atoms with van der Waals surface area (Å²) < 4.78 is 0. The lowest BCUT2D eigenvalue weighted by Gasteiger charge is -2.18. The topological polar surface area (TPSA) is 40.6 Å². The number of nitrogens with zero attached hydrogens (tertiary/aromatic N) is 2. The zero-order chi connectivity index (χ0) is 15.4. The number of carbonyl (C=O) groups excluding carboxylic acids is 2. The van der Waals surface area contributed by atoms with E-state index in [1.165, 1.54) is 5.56 Å². The molecule has 0 bridgehead atoms. The van der Waals surface area contributed by atoms with E-state index in [1.807, 2.05) is 36.2 Å². The SMILES string of the molecule is CC(C)c1ccc(C(=O)CN2CCCN(C)C(=O)C2)cc1. The minimum atomic E-state index is 0.0858. The fourth-order valence-corrected chi connectivity index (χ4v) is 2.53. The normalized spacial score (nSPS) is 17.1. The highest BCUT2D eigenvalue weighted by Gasteiger charge is 2.21. The molecule has 114 valence electrons. The summed E-state index contributed by atoms with van der Waals surface area (Å²) in [6.45, 7) is 6.50. The number of rotatable bonds is 4. The van der Waals surface area contributed by atoms with Crippen LogP contribution in [0.1, 0.15) is 42.1 Å². The van der Waals surface area contributed by atoms with Gasteiger partial charge in [0.2, 0.25) is 5.91 Å². The second kappa shape index (κ2) is 6.85. The second-order valence-electron chi connectivity index (χ2n) is 6.08. The highest BCUT2D eigenvalue weighted by molar-refractivity contribution is 5.97. The number of carbonyl (C=O) groups is 2. The first-order valence-corrected chi connectivity index (χ1v) is 7.57. The Balaban J connectivity index is 1.98. The van der Waals surface area contributed by atoms with Gasteiger partial charge in [-0.25, -0.2) is 0 Å². The molecular formula is C17H24N2O2. The van der Waals surface area contributed by atoms with E-state index in [2.05, 4.69) is 13.8 Å². The minimum absolute atomic E-state index is 0.0858. The van der Waals surface area contributed by atoms with Gasteiger partial charge in [0.15, 0.2) is 5.78 Å². The Morgan fingerprint density at radius 2 is 1.86 bits per heavy atom. The first kappa shape index (κ1) is 15.7. The van der Waals surface area contributed by atoms with Gasteiger partial charge in [-0.2, -0.15) is 0 Å². The highest BCUT2D eigenvalue weighted by Crippen LogP contribution is 2.15. The molecule has 1 heterocycles. The van der Waals surface area contributed by atoms with Crippen LogP contribution in [0.2, 0.25) is 0 Å². The molecule has 1 aromatic rings. The van der Waals surface area contributed by atoms with Gasteiger partial charge in [0.25, 0.3) is 0 Å². The molecule has 1 aliphatic heterocycles. The Hall–Kier alpha value is -1.68. The molecule has 0 aliphatic carbocycles. The quantitative estimate of drug-likeness (QED) is 0.797. The van der Waals surface area contributed by atoms with Gasteiger partial charge in [-0.3, -0.25) is 14.5 Å². The molecule has 0 unspecified atom stereocenters. The van der Waals surface area contributed by atoms with E-state index in [4.69, 9.17) is 0 Å². The van der Waals surface area contributed by atoms with Crippen molar-refractivity contribution in [2.45, 2.75) is 26.2 Å². The molecule has 0 aromatic heterocycles. The molecule has 0 radical (unpaired) electrons. The second-order valence-corrected chi connectivity index (χ2v) is 6.08. The number of amides is 1. The van der Waals surface area contributed by atoms with Crippen LogP contribution < -0.4 is 0 Å². The number of benzene rings is 1. The first-order valence-electron chi connectivity index (χ1n) is 7.57. The maximum absolute atomic E-state index is 12.3. The lowest BCUT2D eigenvalue weighted by Crippen LogP contribution is -2.37. The van der Waals surface area contributed by atoms with E-state index in [-0.39, 0.29) is 11.7 Å². The predicted octanol–water partition coefficient (Wildman–Crippen LogP) is 2.16. The Morgan fingerprint density at radius 1 is 1.19 bits per heavy atom. The molecule has 1 aliphatic rings. The maximum atomic E-state index is 12.3. The molecule has 4 heteroatoms. The van der Waals surface area contributed by atoms with E-state index in [9.17, 15) is 9.59 Å². The number of Topliss-reactive ketones (excluding diaryl/α,β-unsaturated/α-hetero) is 1. The minimum Gasteiger partial charge on any atom is -0.345 e. The van der Waals surface area contributed by atoms with Gasteiger partial charge >= 0.3 is 0 Å². The average Bonchev–Trinajstić information content (AvgIpc) is 2.61. The van der Waals surface area contributed by atoms with Gasteiger partial charge in [0.1, 0.15) is 0 Å². The monoisotopic (exact) mass is 288 g/mol. The van der Waals surface area contributed by atoms with Crippen molar-refractivity contribution in [3.63, 3.8) is 0 Å². The molecular weight excluding hydrogens is 264 g/mol. The van der Waals surface area contributed by atoms with Gasteiger partial charge < -0.3 is 4.90 Å². The summed E-state index contributed by atoms with van der Waals surface area (Å²) in [6, 6.07) is 7.81. The summed E-state index contributed by atoms with van der Waals surface area (Å²) in [5.41, 5.74) is 1.96. The van der Waals surface area contributed by atoms with Crippen LogP contribution in [0.3, 0.4) is 0 Å². The molecule has 0 saturated carbocycles. The molecule has 0 N–H and O–H groups in total. The lowest BCUT2D eigenvalue weighted by atomic mass is 10.0. The molecule has 1 saturated heterocycles. The summed E-state index contributed by atoms with van der Waals surface area (Å²) in [4.78, 5) is 27.8. The highest BCUT2D eigenvalue weighted by atomic mass is 16.2. The number of ketones is 1. The molecule has 21 heavy (non-hydrogen) atoms. The van der Waals surface area contributed by atoms with Crippen LogP contribution in [0.4, 0.5) is 0 Å². The van der Waals surface area contributed by atoms with Crippen LogP contribution in [0.5, 0.6) is 0 Å². The van der Waals surface area contributed by atoms with Gasteiger partial charge in [0.05, 0.1) is 13.1 Å². The zero-order valence-electron chi connectivity index (χ0n) is 13.1. The standard InChI is InChI=1S/C17H24N2O2/c1-13(2)14-5-7-15(8-6-14)16(20)11-19-10-4-9-18(3)17(21)12-19/h5-8,13H,4,9-12H2,1-3H3. The largest absolute Gasteiger partial charge is 0.345 e. The maximum Gasteiger partial charge on any atom is 0.236 e. The summed E-state index contributed by atoms with van der Waals surface area (Å²) in [5, 5.41) is 0. The zero-order valence-corrected chi connectivity index (χ0v) is 13.1. The van der Waals surface area contributed by atoms with Crippen LogP contribution in [-0.4, -0.2) is 54.7 Å². The predicted molar refractivity (Wildman–Crippen MR) is 83.6 cm³/mol. The van der Waals surface area contributed by atoms with Crippen LogP contribution in [-0.2, 0) is 4.79 Å². The van der Waals surface area contributed by atoms with Crippen LogP contribution >= 0.6 is 0 Å². The van der Waals surface area contributed by atoms with Crippen molar-refractivity contribution in [1.29, 1.82) is 0 Å². The lowest BCUT2D eigenvalue weighted by molar-refractivity contribution is -0.129. The van der Waals surface area contributed by atoms with E-state index < -0.39 is 0 Å². The summed E-state index contributed by atoms with van der Waals surface area (Å²) in [5.74, 6) is 0.644. The van der Waals surface area contributed by atoms with E-state index in [0.717, 1.165) is 25.1 Å². The fraction of sp³-hybridized carbons (Fsp3) is 0.529. The van der Waals surface area contributed by atoms with Crippen LogP contribution in [0.15, 0.2) is 24.3 Å². The molecule has 0 spiro atoms. The van der Waals surface area contributed by atoms with Crippen molar-refractivity contribution in [2.75, 3.05) is 33.2 Å². The molecule has 0 atom stereocenters. The van der Waals surface area contributed by atoms with Gasteiger partial charge in [-0.05, 0) is 17.9 Å². The van der Waals surface area contributed by atoms with E-state index >= 15 is 0 Å². The van der Waals surface area contributed by atoms with E-state index in [1.54, 1.807) is 4.90 Å². The first-order chi connectivity index (χ1) is 9.97. The van der Waals surface area contributed by atoms with Crippen molar-refractivity contribution in [3.8, 4) is 0 Å². The number of hydrogen-bond acceptors (Lipinski definition) is 3. The van der Waals surface area contributed by atoms with Crippen molar-refractivity contribution in [2.24, 2.45) is 0 Å². The van der Waals surface area contributed by atoms with E-state index in [0.29, 0.717) is 19.0 Å². The Bertz CT molecular complexity index is 508. The fourth-order valence-electron chi connectivity index (χ4n) is 2.53. The van der Waals surface area contributed by atoms with Gasteiger partial charge in [-0.15, -0.1) is 0 Å². The number of likely N-dealkylation sites (N-methyl/N-ethyl adjacent to an activating group) is 1. The molecule has 1 amide bonds. The molecule has 1 aromatic carbocycles. The number of hydrogen-bond donors (Lipinski definition) is 0. The Kier molecular flexibility index (Phi) is 5.12. The summed E-state index contributed by atoms with van der Waals surface area (Å²) >= 11 is 0. The summed E-state index contributed by atoms with van der Waals surface area (Å²) in [6.07, 6.45) is 0.918. The molecule has 4 nitrogen and oxygen atoms in total. The van der Waals surface area contributed by atoms with Crippen LogP contribution in [0.25, 0.3) is 0 Å². The molecule has 2 rings (SSSR count). The van der Waals surface area contributed by atoms with Gasteiger partial charge in [-0.1, -0.05) is 38.1 Å². The van der Waals surface area contributed by atoms with Crippen molar-refractivity contribution in [3.05, 3.63) is 35.4 Å². The Morgan fingerprint density at radius 3 is 2.48 bits per heavy atom. The third kappa shape index (κ3) is 4.14. The van der Waals surface area contributed by atoms with Crippen molar-refractivity contribution in [1.82, 2.24) is 9.80 Å². The van der Waals surface area contributed by atoms with Crippen molar-refractivity contribution >= 4 is 11.7 Å². The van der Waals surface area contributed by atoms with Crippen LogP contribution in [0, 0.1) is 0 Å². The molecule has 1 fully saturated rings. The van der Waals surface area contributed by atoms with Crippen molar-refractivity contribution < 1.29 is 9.59 Å². The third-order valence-corrected chi connectivity index (χ3v) is 4.02. The van der Waals surface area contributed by atoms with Gasteiger partial charge in [0, 0.05) is 25.7 Å². The smallest absolute Gasteiger partial charge is 0.236 e. The average molecular weight is 288 g/mol. The summed E-state index contributed by atoms with van der Waals surface area (Å²) in [7, 11) is 1.82.